The minimum Gasteiger partial charge on any atom is -0.394 e. The van der Waals surface area contributed by atoms with E-state index >= 15 is 0 Å². The molecule has 1 saturated heterocycles. The van der Waals surface area contributed by atoms with Gasteiger partial charge in [-0.15, -0.1) is 0 Å². The van der Waals surface area contributed by atoms with Gasteiger partial charge in [-0.25, -0.2) is 0 Å². The van der Waals surface area contributed by atoms with Gasteiger partial charge in [-0.1, -0.05) is 0 Å². The third-order valence-electron chi connectivity index (χ3n) is 2.24. The smallest absolute Gasteiger partial charge is 0.266 e. The van der Waals surface area contributed by atoms with E-state index in [-0.39, 0.29) is 12.5 Å². The highest BCUT2D eigenvalue weighted by Crippen LogP contribution is 2.14. The van der Waals surface area contributed by atoms with Gasteiger partial charge in [0.1, 0.15) is 6.04 Å². The van der Waals surface area contributed by atoms with Crippen molar-refractivity contribution in [2.75, 3.05) is 37.8 Å². The van der Waals surface area contributed by atoms with Crippen molar-refractivity contribution in [3.05, 3.63) is 5.89 Å². The predicted octanol–water partition coefficient (Wildman–Crippen LogP) is -1.10. The largest absolute Gasteiger partial charge is 0.394 e. The van der Waals surface area contributed by atoms with E-state index in [1.165, 1.54) is 0 Å². The van der Waals surface area contributed by atoms with Crippen molar-refractivity contribution in [1.82, 2.24) is 10.1 Å². The van der Waals surface area contributed by atoms with Crippen molar-refractivity contribution in [2.45, 2.75) is 6.04 Å². The molecule has 2 rings (SSSR count). The van der Waals surface area contributed by atoms with Crippen LogP contribution in [0.15, 0.2) is 4.52 Å². The van der Waals surface area contributed by atoms with E-state index < -0.39 is 6.04 Å². The third kappa shape index (κ3) is 2.25. The fourth-order valence-electron chi connectivity index (χ4n) is 1.35. The van der Waals surface area contributed by atoms with Gasteiger partial charge >= 0.3 is 0 Å². The molecule has 1 aliphatic rings. The highest BCUT2D eigenvalue weighted by Gasteiger charge is 2.19. The topological polar surface area (TPSA) is 97.6 Å². The summed E-state index contributed by atoms with van der Waals surface area (Å²) in [5.74, 6) is 0.774. The summed E-state index contributed by atoms with van der Waals surface area (Å²) in [6, 6.07) is -0.604. The average Bonchev–Trinajstić information content (AvgIpc) is 2.78. The molecule has 7 nitrogen and oxygen atoms in total. The van der Waals surface area contributed by atoms with Crippen molar-refractivity contribution >= 4 is 5.95 Å². The number of aliphatic hydroxyl groups is 1. The Bertz CT molecular complexity index is 311. The SMILES string of the molecule is N[C@@H](CO)c1nc(N2CCOCC2)no1. The first-order valence-electron chi connectivity index (χ1n) is 4.84. The van der Waals surface area contributed by atoms with Gasteiger partial charge in [-0.05, 0) is 5.16 Å². The Hall–Kier alpha value is -1.18. The van der Waals surface area contributed by atoms with Crippen molar-refractivity contribution in [2.24, 2.45) is 5.73 Å². The van der Waals surface area contributed by atoms with E-state index in [2.05, 4.69) is 10.1 Å². The molecule has 1 aliphatic heterocycles. The molecule has 0 saturated carbocycles. The second kappa shape index (κ2) is 4.56. The van der Waals surface area contributed by atoms with Crippen LogP contribution in [-0.2, 0) is 4.74 Å². The Morgan fingerprint density at radius 2 is 2.20 bits per heavy atom. The first-order valence-corrected chi connectivity index (χ1v) is 4.84. The molecule has 7 heteroatoms. The van der Waals surface area contributed by atoms with Crippen LogP contribution in [0.25, 0.3) is 0 Å². The Morgan fingerprint density at radius 3 is 2.87 bits per heavy atom. The minimum atomic E-state index is -0.604. The van der Waals surface area contributed by atoms with Gasteiger partial charge in [0.15, 0.2) is 0 Å². The standard InChI is InChI=1S/C8H14N4O3/c9-6(5-13)7-10-8(11-15-7)12-1-3-14-4-2-12/h6,13H,1-5,9H2/t6-/m0/s1. The molecule has 1 aromatic rings. The molecule has 0 aliphatic carbocycles. The highest BCUT2D eigenvalue weighted by molar-refractivity contribution is 5.28. The van der Waals surface area contributed by atoms with E-state index in [4.69, 9.17) is 20.1 Å². The van der Waals surface area contributed by atoms with Crippen LogP contribution in [-0.4, -0.2) is 48.2 Å². The Balaban J connectivity index is 2.05. The molecule has 15 heavy (non-hydrogen) atoms. The molecule has 1 fully saturated rings. The summed E-state index contributed by atoms with van der Waals surface area (Å²) >= 11 is 0. The van der Waals surface area contributed by atoms with E-state index in [0.29, 0.717) is 19.2 Å². The second-order valence-corrected chi connectivity index (χ2v) is 3.32. The van der Waals surface area contributed by atoms with Crippen molar-refractivity contribution in [3.8, 4) is 0 Å². The van der Waals surface area contributed by atoms with Crippen LogP contribution < -0.4 is 10.6 Å². The van der Waals surface area contributed by atoms with Gasteiger partial charge in [-0.3, -0.25) is 0 Å². The van der Waals surface area contributed by atoms with E-state index in [0.717, 1.165) is 13.1 Å². The number of ether oxygens (including phenoxy) is 1. The first-order chi connectivity index (χ1) is 7.31. The fourth-order valence-corrected chi connectivity index (χ4v) is 1.35. The number of nitrogens with two attached hydrogens (primary N) is 1. The maximum absolute atomic E-state index is 8.82. The Labute approximate surface area is 86.8 Å². The molecule has 0 unspecified atom stereocenters. The number of hydrogen-bond donors (Lipinski definition) is 2. The van der Waals surface area contributed by atoms with Crippen molar-refractivity contribution < 1.29 is 14.4 Å². The fraction of sp³-hybridized carbons (Fsp3) is 0.750. The van der Waals surface area contributed by atoms with Crippen LogP contribution in [0.4, 0.5) is 5.95 Å². The highest BCUT2D eigenvalue weighted by atomic mass is 16.5. The van der Waals surface area contributed by atoms with Crippen molar-refractivity contribution in [3.63, 3.8) is 0 Å². The van der Waals surface area contributed by atoms with E-state index in [9.17, 15) is 0 Å². The average molecular weight is 214 g/mol. The molecule has 1 aromatic heterocycles. The molecular formula is C8H14N4O3. The lowest BCUT2D eigenvalue weighted by atomic mass is 10.3. The Morgan fingerprint density at radius 1 is 1.47 bits per heavy atom. The lowest BCUT2D eigenvalue weighted by molar-refractivity contribution is 0.121. The van der Waals surface area contributed by atoms with Gasteiger partial charge in [-0.2, -0.15) is 4.98 Å². The predicted molar refractivity (Wildman–Crippen MR) is 51.3 cm³/mol. The monoisotopic (exact) mass is 214 g/mol. The van der Waals surface area contributed by atoms with Gasteiger partial charge in [0.25, 0.3) is 5.95 Å². The maximum Gasteiger partial charge on any atom is 0.266 e. The molecular weight excluding hydrogens is 200 g/mol. The third-order valence-corrected chi connectivity index (χ3v) is 2.24. The van der Waals surface area contributed by atoms with Gasteiger partial charge in [0, 0.05) is 13.1 Å². The molecule has 0 bridgehead atoms. The van der Waals surface area contributed by atoms with E-state index in [1.807, 2.05) is 4.90 Å². The zero-order valence-corrected chi connectivity index (χ0v) is 8.30. The zero-order valence-electron chi connectivity index (χ0n) is 8.30. The molecule has 0 aromatic carbocycles. The van der Waals surface area contributed by atoms with Gasteiger partial charge in [0.05, 0.1) is 19.8 Å². The molecule has 84 valence electrons. The molecule has 0 amide bonds. The molecule has 1 atom stereocenters. The lowest BCUT2D eigenvalue weighted by Gasteiger charge is -2.24. The van der Waals surface area contributed by atoms with Crippen LogP contribution >= 0.6 is 0 Å². The van der Waals surface area contributed by atoms with Crippen LogP contribution in [0, 0.1) is 0 Å². The van der Waals surface area contributed by atoms with Crippen molar-refractivity contribution in [1.29, 1.82) is 0 Å². The molecule has 3 N–H and O–H groups in total. The number of anilines is 1. The van der Waals surface area contributed by atoms with Gasteiger partial charge < -0.3 is 25.0 Å². The summed E-state index contributed by atoms with van der Waals surface area (Å²) < 4.78 is 10.1. The summed E-state index contributed by atoms with van der Waals surface area (Å²) in [5.41, 5.74) is 5.55. The molecule has 0 spiro atoms. The maximum atomic E-state index is 8.82. The summed E-state index contributed by atoms with van der Waals surface area (Å²) in [6.07, 6.45) is 0. The number of rotatable bonds is 3. The van der Waals surface area contributed by atoms with Crippen LogP contribution in [0.1, 0.15) is 11.9 Å². The number of morpholine rings is 1. The number of aliphatic hydroxyl groups excluding tert-OH is 1. The summed E-state index contributed by atoms with van der Waals surface area (Å²) in [7, 11) is 0. The number of aromatic nitrogens is 2. The van der Waals surface area contributed by atoms with Crippen LogP contribution in [0.5, 0.6) is 0 Å². The normalized spacial score (nSPS) is 19.2. The summed E-state index contributed by atoms with van der Waals surface area (Å²) in [5, 5.41) is 12.6. The summed E-state index contributed by atoms with van der Waals surface area (Å²) in [6.45, 7) is 2.61. The quantitative estimate of drug-likeness (QED) is 0.658. The lowest BCUT2D eigenvalue weighted by Crippen LogP contribution is -2.36. The van der Waals surface area contributed by atoms with E-state index in [1.54, 1.807) is 0 Å². The number of nitrogens with zero attached hydrogens (tertiary/aromatic N) is 3. The van der Waals surface area contributed by atoms with Gasteiger partial charge in [0.2, 0.25) is 5.89 Å². The molecule has 0 radical (unpaired) electrons. The van der Waals surface area contributed by atoms with Crippen LogP contribution in [0.3, 0.4) is 0 Å². The van der Waals surface area contributed by atoms with Crippen LogP contribution in [0.2, 0.25) is 0 Å². The first kappa shape index (κ1) is 10.3. The Kier molecular flexibility index (Phi) is 3.14. The molecule has 2 heterocycles. The minimum absolute atomic E-state index is 0.204. The second-order valence-electron chi connectivity index (χ2n) is 3.32. The summed E-state index contributed by atoms with van der Waals surface area (Å²) in [4.78, 5) is 6.07. The zero-order chi connectivity index (χ0) is 10.7. The number of hydrogen-bond acceptors (Lipinski definition) is 7.